The first-order valence-corrected chi connectivity index (χ1v) is 8.82. The van der Waals surface area contributed by atoms with Crippen molar-refractivity contribution in [3.63, 3.8) is 0 Å². The summed E-state index contributed by atoms with van der Waals surface area (Å²) in [5.41, 5.74) is 9.15. The number of carbonyl (C=O) groups is 1. The van der Waals surface area contributed by atoms with Gasteiger partial charge in [0.15, 0.2) is 0 Å². The number of hydrogen-bond acceptors (Lipinski definition) is 4. The lowest BCUT2D eigenvalue weighted by Crippen LogP contribution is -2.22. The smallest absolute Gasteiger partial charge is 0.337 e. The second kappa shape index (κ2) is 7.96. The van der Waals surface area contributed by atoms with Gasteiger partial charge in [-0.2, -0.15) is 0 Å². The molecule has 0 radical (unpaired) electrons. The Morgan fingerprint density at radius 3 is 2.25 bits per heavy atom. The van der Waals surface area contributed by atoms with Gasteiger partial charge in [-0.3, -0.25) is 19.3 Å². The van der Waals surface area contributed by atoms with Crippen LogP contribution in [0.3, 0.4) is 0 Å². The first-order chi connectivity index (χ1) is 13.4. The lowest BCUT2D eigenvalue weighted by molar-refractivity contribution is -0.140. The van der Waals surface area contributed by atoms with E-state index in [4.69, 9.17) is 11.1 Å². The van der Waals surface area contributed by atoms with Gasteiger partial charge in [0, 0.05) is 23.9 Å². The molecule has 3 rings (SSSR count). The average molecular weight is 378 g/mol. The molecular formula is C21H22N4O3. The van der Waals surface area contributed by atoms with Gasteiger partial charge in [-0.1, -0.05) is 12.1 Å². The molecule has 0 fully saturated rings. The fourth-order valence-electron chi connectivity index (χ4n) is 3.02. The van der Waals surface area contributed by atoms with Crippen LogP contribution in [-0.4, -0.2) is 28.0 Å². The van der Waals surface area contributed by atoms with E-state index in [1.54, 1.807) is 39.6 Å². The summed E-state index contributed by atoms with van der Waals surface area (Å²) < 4.78 is 7.84. The quantitative estimate of drug-likeness (QED) is 0.390. The van der Waals surface area contributed by atoms with Crippen molar-refractivity contribution in [3.8, 4) is 11.4 Å². The lowest BCUT2D eigenvalue weighted by atomic mass is 10.1. The summed E-state index contributed by atoms with van der Waals surface area (Å²) in [6.07, 6.45) is 2.68. The Bertz CT molecular complexity index is 1060. The Kier molecular flexibility index (Phi) is 5.44. The fourth-order valence-corrected chi connectivity index (χ4v) is 3.02. The minimum Gasteiger partial charge on any atom is -0.469 e. The van der Waals surface area contributed by atoms with Crippen LogP contribution in [0.4, 0.5) is 0 Å². The van der Waals surface area contributed by atoms with Crippen molar-refractivity contribution < 1.29 is 9.53 Å². The van der Waals surface area contributed by atoms with Crippen LogP contribution in [0.25, 0.3) is 11.4 Å². The third-order valence-corrected chi connectivity index (χ3v) is 4.56. The minimum absolute atomic E-state index is 0.0139. The molecule has 144 valence electrons. The highest BCUT2D eigenvalue weighted by Crippen LogP contribution is 2.15. The number of hydrogen-bond donors (Lipinski definition) is 2. The lowest BCUT2D eigenvalue weighted by Gasteiger charge is -2.06. The molecule has 7 heteroatoms. The van der Waals surface area contributed by atoms with Gasteiger partial charge >= 0.3 is 11.7 Å². The normalized spacial score (nSPS) is 10.6. The number of nitrogen functional groups attached to an aromatic ring is 1. The predicted molar refractivity (Wildman–Crippen MR) is 107 cm³/mol. The van der Waals surface area contributed by atoms with Gasteiger partial charge in [0.05, 0.1) is 18.5 Å². The van der Waals surface area contributed by atoms with E-state index in [1.165, 1.54) is 7.11 Å². The number of amidine groups is 1. The van der Waals surface area contributed by atoms with Crippen LogP contribution in [-0.2, 0) is 16.0 Å². The van der Waals surface area contributed by atoms with E-state index in [0.29, 0.717) is 24.1 Å². The number of aromatic nitrogens is 2. The summed E-state index contributed by atoms with van der Waals surface area (Å²) >= 11 is 0. The van der Waals surface area contributed by atoms with Crippen LogP contribution >= 0.6 is 0 Å². The first-order valence-electron chi connectivity index (χ1n) is 8.82. The van der Waals surface area contributed by atoms with Gasteiger partial charge in [0.2, 0.25) is 0 Å². The highest BCUT2D eigenvalue weighted by Gasteiger charge is 2.12. The van der Waals surface area contributed by atoms with E-state index < -0.39 is 0 Å². The second-order valence-electron chi connectivity index (χ2n) is 6.46. The maximum Gasteiger partial charge on any atom is 0.337 e. The first kappa shape index (κ1) is 19.2. The van der Waals surface area contributed by atoms with Crippen LogP contribution in [0.15, 0.2) is 59.5 Å². The standard InChI is InChI=1S/C21H22N4O3/c1-14-13-24(17-10-6-16(7-11-17)20(22)23)21(27)25(14)18-8-3-15(4-9-18)5-12-19(26)28-2/h3-4,6-11,13H,5,12H2,1-2H3,(H3,22,23). The highest BCUT2D eigenvalue weighted by atomic mass is 16.5. The molecule has 0 aliphatic carbocycles. The van der Waals surface area contributed by atoms with Gasteiger partial charge in [-0.25, -0.2) is 4.79 Å². The van der Waals surface area contributed by atoms with Crippen LogP contribution < -0.4 is 11.4 Å². The summed E-state index contributed by atoms with van der Waals surface area (Å²) in [5.74, 6) is -0.260. The maximum absolute atomic E-state index is 12.9. The van der Waals surface area contributed by atoms with Crippen molar-refractivity contribution in [2.45, 2.75) is 19.8 Å². The minimum atomic E-state index is -0.246. The van der Waals surface area contributed by atoms with E-state index in [-0.39, 0.29) is 17.5 Å². The number of imidazole rings is 1. The summed E-state index contributed by atoms with van der Waals surface area (Å²) in [6.45, 7) is 1.87. The zero-order chi connectivity index (χ0) is 20.3. The Labute approximate surface area is 162 Å². The third kappa shape index (κ3) is 3.88. The maximum atomic E-state index is 12.9. The van der Waals surface area contributed by atoms with Crippen molar-refractivity contribution in [3.05, 3.63) is 82.0 Å². The number of nitrogens with zero attached hydrogens (tertiary/aromatic N) is 2. The van der Waals surface area contributed by atoms with Gasteiger partial charge in [-0.15, -0.1) is 0 Å². The number of ether oxygens (including phenoxy) is 1. The van der Waals surface area contributed by atoms with Crippen molar-refractivity contribution in [2.24, 2.45) is 5.73 Å². The molecule has 0 aliphatic rings. The number of nitrogens with two attached hydrogens (primary N) is 1. The van der Waals surface area contributed by atoms with E-state index in [0.717, 1.165) is 16.9 Å². The van der Waals surface area contributed by atoms with Crippen molar-refractivity contribution >= 4 is 11.8 Å². The Hall–Kier alpha value is -3.61. The van der Waals surface area contributed by atoms with E-state index >= 15 is 0 Å². The Balaban J connectivity index is 1.88. The van der Waals surface area contributed by atoms with Crippen molar-refractivity contribution in [1.29, 1.82) is 5.41 Å². The molecule has 28 heavy (non-hydrogen) atoms. The van der Waals surface area contributed by atoms with Gasteiger partial charge in [0.25, 0.3) is 0 Å². The average Bonchev–Trinajstić information content (AvgIpc) is 3.00. The van der Waals surface area contributed by atoms with Gasteiger partial charge in [0.1, 0.15) is 5.84 Å². The number of methoxy groups -OCH3 is 1. The Morgan fingerprint density at radius 2 is 1.68 bits per heavy atom. The summed E-state index contributed by atoms with van der Waals surface area (Å²) in [7, 11) is 1.37. The molecule has 1 heterocycles. The predicted octanol–water partition coefficient (Wildman–Crippen LogP) is 2.33. The SMILES string of the molecule is COC(=O)CCc1ccc(-n2c(C)cn(-c3ccc(C(=N)N)cc3)c2=O)cc1. The second-order valence-corrected chi connectivity index (χ2v) is 6.46. The number of carbonyl (C=O) groups excluding carboxylic acids is 1. The molecule has 7 nitrogen and oxygen atoms in total. The molecule has 0 saturated carbocycles. The summed E-state index contributed by atoms with van der Waals surface area (Å²) in [5, 5.41) is 7.46. The molecule has 0 atom stereocenters. The number of nitrogens with one attached hydrogen (secondary N) is 1. The fraction of sp³-hybridized carbons (Fsp3) is 0.190. The molecular weight excluding hydrogens is 356 g/mol. The number of esters is 1. The van der Waals surface area contributed by atoms with E-state index in [9.17, 15) is 9.59 Å². The highest BCUT2D eigenvalue weighted by molar-refractivity contribution is 5.95. The monoisotopic (exact) mass is 378 g/mol. The van der Waals surface area contributed by atoms with E-state index in [1.807, 2.05) is 31.2 Å². The van der Waals surface area contributed by atoms with Gasteiger partial charge < -0.3 is 10.5 Å². The molecule has 3 aromatic rings. The molecule has 3 N–H and O–H groups in total. The molecule has 0 aliphatic heterocycles. The number of benzene rings is 2. The topological polar surface area (TPSA) is 103 Å². The van der Waals surface area contributed by atoms with Crippen LogP contribution in [0.2, 0.25) is 0 Å². The molecule has 1 aromatic heterocycles. The van der Waals surface area contributed by atoms with Crippen LogP contribution in [0, 0.1) is 12.3 Å². The molecule has 0 saturated heterocycles. The van der Waals surface area contributed by atoms with Gasteiger partial charge in [-0.05, 0) is 55.3 Å². The molecule has 0 bridgehead atoms. The van der Waals surface area contributed by atoms with Crippen LogP contribution in [0.5, 0.6) is 0 Å². The molecule has 0 unspecified atom stereocenters. The number of rotatable bonds is 6. The summed E-state index contributed by atoms with van der Waals surface area (Å²) in [6, 6.07) is 14.5. The van der Waals surface area contributed by atoms with Crippen LogP contribution in [0.1, 0.15) is 23.2 Å². The third-order valence-electron chi connectivity index (χ3n) is 4.56. The number of aryl methyl sites for hydroxylation is 2. The molecule has 0 amide bonds. The van der Waals surface area contributed by atoms with Crippen molar-refractivity contribution in [2.75, 3.05) is 7.11 Å². The largest absolute Gasteiger partial charge is 0.469 e. The molecule has 2 aromatic carbocycles. The van der Waals surface area contributed by atoms with Crippen molar-refractivity contribution in [1.82, 2.24) is 9.13 Å². The van der Waals surface area contributed by atoms with E-state index in [2.05, 4.69) is 4.74 Å². The Morgan fingerprint density at radius 1 is 1.07 bits per heavy atom. The molecule has 0 spiro atoms. The summed E-state index contributed by atoms with van der Waals surface area (Å²) in [4.78, 5) is 24.2. The zero-order valence-corrected chi connectivity index (χ0v) is 15.8. The zero-order valence-electron chi connectivity index (χ0n) is 15.8.